The number of carbonyl (C=O) groups is 2. The summed E-state index contributed by atoms with van der Waals surface area (Å²) < 4.78 is 30.0. The zero-order valence-electron chi connectivity index (χ0n) is 18.4. The van der Waals surface area contributed by atoms with Crippen LogP contribution in [0, 0.1) is 5.82 Å². The molecule has 9 nitrogen and oxygen atoms in total. The van der Waals surface area contributed by atoms with E-state index in [1.807, 2.05) is 0 Å². The number of hydrogen-bond donors (Lipinski definition) is 4. The maximum atomic E-state index is 14.0. The van der Waals surface area contributed by atoms with Crippen LogP contribution in [0.15, 0.2) is 72.8 Å². The molecule has 1 aliphatic heterocycles. The van der Waals surface area contributed by atoms with Crippen molar-refractivity contribution in [1.29, 1.82) is 0 Å². The molecule has 1 aliphatic rings. The van der Waals surface area contributed by atoms with E-state index in [4.69, 9.17) is 19.9 Å². The summed E-state index contributed by atoms with van der Waals surface area (Å²) in [5.74, 6) is -0.806. The van der Waals surface area contributed by atoms with Crippen molar-refractivity contribution < 1.29 is 33.3 Å². The Balaban J connectivity index is 1.44. The third-order valence-electron chi connectivity index (χ3n) is 5.05. The van der Waals surface area contributed by atoms with Crippen LogP contribution in [-0.4, -0.2) is 23.9 Å². The van der Waals surface area contributed by atoms with Crippen LogP contribution < -0.4 is 25.8 Å². The van der Waals surface area contributed by atoms with Crippen molar-refractivity contribution in [3.63, 3.8) is 0 Å². The lowest BCUT2D eigenvalue weighted by Crippen LogP contribution is -2.17. The molecule has 0 radical (unpaired) electrons. The molecule has 10 heteroatoms. The Morgan fingerprint density at radius 1 is 1.09 bits per heavy atom. The number of carbonyl (C=O) groups excluding carboxylic acids is 2. The maximum Gasteiger partial charge on any atom is 0.412 e. The fourth-order valence-electron chi connectivity index (χ4n) is 3.31. The molecular weight excluding hydrogens is 457 g/mol. The standard InChI is InChI=1S/C25H22FN3O6/c26-17-12-15(8-10-20(17)30)21(6-3-7-24(31)29-19-5-2-1-4-18(19)27)35-25(32)28-16-9-11-22-23(13-16)34-14-33-22/h1-5,7-13,21,30H,6,14,27H2,(H,28,32)(H,29,31)/b7-3+/t21-/m1/s1. The van der Waals surface area contributed by atoms with Gasteiger partial charge in [-0.2, -0.15) is 0 Å². The summed E-state index contributed by atoms with van der Waals surface area (Å²) in [5, 5.41) is 14.7. The normalized spacial score (nSPS) is 12.8. The number of halogens is 1. The van der Waals surface area contributed by atoms with Gasteiger partial charge in [-0.05, 0) is 48.0 Å². The second kappa shape index (κ2) is 10.5. The topological polar surface area (TPSA) is 132 Å². The van der Waals surface area contributed by atoms with Gasteiger partial charge in [-0.15, -0.1) is 0 Å². The maximum absolute atomic E-state index is 14.0. The van der Waals surface area contributed by atoms with E-state index in [2.05, 4.69) is 10.6 Å². The lowest BCUT2D eigenvalue weighted by atomic mass is 10.1. The van der Waals surface area contributed by atoms with E-state index < -0.39 is 29.7 Å². The van der Waals surface area contributed by atoms with Gasteiger partial charge in [-0.3, -0.25) is 10.1 Å². The van der Waals surface area contributed by atoms with Crippen molar-refractivity contribution in [3.05, 3.63) is 84.2 Å². The van der Waals surface area contributed by atoms with E-state index in [-0.39, 0.29) is 13.2 Å². The van der Waals surface area contributed by atoms with Gasteiger partial charge in [-0.25, -0.2) is 9.18 Å². The zero-order chi connectivity index (χ0) is 24.8. The molecule has 5 N–H and O–H groups in total. The van der Waals surface area contributed by atoms with Crippen molar-refractivity contribution in [1.82, 2.24) is 0 Å². The molecule has 0 saturated heterocycles. The fourth-order valence-corrected chi connectivity index (χ4v) is 3.31. The second-order valence-corrected chi connectivity index (χ2v) is 7.51. The summed E-state index contributed by atoms with van der Waals surface area (Å²) in [7, 11) is 0. The number of benzene rings is 3. The smallest absolute Gasteiger partial charge is 0.412 e. The lowest BCUT2D eigenvalue weighted by Gasteiger charge is -2.18. The third kappa shape index (κ3) is 5.99. The molecule has 35 heavy (non-hydrogen) atoms. The molecule has 0 saturated carbocycles. The number of nitrogens with one attached hydrogen (secondary N) is 2. The minimum absolute atomic E-state index is 0.0520. The monoisotopic (exact) mass is 479 g/mol. The highest BCUT2D eigenvalue weighted by Crippen LogP contribution is 2.34. The van der Waals surface area contributed by atoms with E-state index in [9.17, 15) is 19.1 Å². The second-order valence-electron chi connectivity index (χ2n) is 7.51. The van der Waals surface area contributed by atoms with Crippen molar-refractivity contribution in [2.75, 3.05) is 23.2 Å². The summed E-state index contributed by atoms with van der Waals surface area (Å²) in [4.78, 5) is 24.8. The molecular formula is C25H22FN3O6. The zero-order valence-corrected chi connectivity index (χ0v) is 18.4. The van der Waals surface area contributed by atoms with Crippen LogP contribution >= 0.6 is 0 Å². The molecule has 180 valence electrons. The highest BCUT2D eigenvalue weighted by Gasteiger charge is 2.19. The molecule has 0 unspecified atom stereocenters. The Morgan fingerprint density at radius 3 is 2.69 bits per heavy atom. The van der Waals surface area contributed by atoms with Crippen LogP contribution in [0.5, 0.6) is 17.2 Å². The van der Waals surface area contributed by atoms with Crippen LogP contribution in [0.4, 0.5) is 26.2 Å². The largest absolute Gasteiger partial charge is 0.505 e. The highest BCUT2D eigenvalue weighted by atomic mass is 19.1. The fraction of sp³-hybridized carbons (Fsp3) is 0.120. The Morgan fingerprint density at radius 2 is 1.89 bits per heavy atom. The van der Waals surface area contributed by atoms with Gasteiger partial charge in [-0.1, -0.05) is 24.3 Å². The minimum atomic E-state index is -0.954. The van der Waals surface area contributed by atoms with E-state index in [1.54, 1.807) is 42.5 Å². The summed E-state index contributed by atoms with van der Waals surface area (Å²) in [6.45, 7) is 0.0918. The van der Waals surface area contributed by atoms with Crippen LogP contribution in [0.25, 0.3) is 0 Å². The molecule has 0 aromatic heterocycles. The van der Waals surface area contributed by atoms with Gasteiger partial charge in [0.1, 0.15) is 6.10 Å². The summed E-state index contributed by atoms with van der Waals surface area (Å²) in [6.07, 6.45) is 1.03. The predicted molar refractivity (Wildman–Crippen MR) is 127 cm³/mol. The van der Waals surface area contributed by atoms with Gasteiger partial charge in [0, 0.05) is 18.2 Å². The SMILES string of the molecule is Nc1ccccc1NC(=O)/C=C/C[C@@H](OC(=O)Nc1ccc2c(c1)OCO2)c1ccc(O)c(F)c1. The molecule has 2 amide bonds. The average molecular weight is 479 g/mol. The van der Waals surface area contributed by atoms with E-state index in [1.165, 1.54) is 18.2 Å². The van der Waals surface area contributed by atoms with E-state index >= 15 is 0 Å². The average Bonchev–Trinajstić information content (AvgIpc) is 3.30. The molecule has 3 aromatic carbocycles. The molecule has 0 aliphatic carbocycles. The first-order chi connectivity index (χ1) is 16.9. The number of fused-ring (bicyclic) bond motifs is 1. The third-order valence-corrected chi connectivity index (χ3v) is 5.05. The molecule has 4 rings (SSSR count). The Bertz CT molecular complexity index is 1280. The first-order valence-corrected chi connectivity index (χ1v) is 10.6. The number of nitrogen functional groups attached to an aromatic ring is 1. The van der Waals surface area contributed by atoms with Gasteiger partial charge in [0.15, 0.2) is 23.1 Å². The Kier molecular flexibility index (Phi) is 7.01. The van der Waals surface area contributed by atoms with Crippen LogP contribution in [0.3, 0.4) is 0 Å². The molecule has 1 atom stereocenters. The van der Waals surface area contributed by atoms with Gasteiger partial charge < -0.3 is 30.4 Å². The number of hydrogen-bond acceptors (Lipinski definition) is 7. The van der Waals surface area contributed by atoms with Crippen molar-refractivity contribution in [2.45, 2.75) is 12.5 Å². The summed E-state index contributed by atoms with van der Waals surface area (Å²) >= 11 is 0. The first kappa shape index (κ1) is 23.4. The Labute approximate surface area is 199 Å². The van der Waals surface area contributed by atoms with Crippen molar-refractivity contribution in [2.24, 2.45) is 0 Å². The number of para-hydroxylation sites is 2. The summed E-state index contributed by atoms with van der Waals surface area (Å²) in [6, 6.07) is 15.3. The number of rotatable bonds is 7. The number of aromatic hydroxyl groups is 1. The Hall–Kier alpha value is -4.73. The quantitative estimate of drug-likeness (QED) is 0.285. The van der Waals surface area contributed by atoms with Crippen molar-refractivity contribution >= 4 is 29.1 Å². The molecule has 0 fully saturated rings. The molecule has 1 heterocycles. The number of nitrogens with two attached hydrogens (primary N) is 1. The van der Waals surface area contributed by atoms with Gasteiger partial charge in [0.2, 0.25) is 12.7 Å². The summed E-state index contributed by atoms with van der Waals surface area (Å²) in [5.41, 5.74) is 7.39. The van der Waals surface area contributed by atoms with Crippen LogP contribution in [0.1, 0.15) is 18.1 Å². The van der Waals surface area contributed by atoms with Crippen LogP contribution in [-0.2, 0) is 9.53 Å². The number of phenolic OH excluding ortho intramolecular Hbond substituents is 1. The number of phenols is 1. The van der Waals surface area contributed by atoms with E-state index in [0.29, 0.717) is 34.1 Å². The lowest BCUT2D eigenvalue weighted by molar-refractivity contribution is -0.111. The molecule has 0 spiro atoms. The van der Waals surface area contributed by atoms with Gasteiger partial charge in [0.05, 0.1) is 11.4 Å². The highest BCUT2D eigenvalue weighted by molar-refractivity contribution is 6.01. The number of ether oxygens (including phenoxy) is 3. The minimum Gasteiger partial charge on any atom is -0.505 e. The predicted octanol–water partition coefficient (Wildman–Crippen LogP) is 4.72. The van der Waals surface area contributed by atoms with Gasteiger partial charge >= 0.3 is 6.09 Å². The molecule has 0 bridgehead atoms. The van der Waals surface area contributed by atoms with Crippen LogP contribution in [0.2, 0.25) is 0 Å². The van der Waals surface area contributed by atoms with Crippen molar-refractivity contribution in [3.8, 4) is 17.2 Å². The first-order valence-electron chi connectivity index (χ1n) is 10.6. The number of anilines is 3. The molecule has 3 aromatic rings. The van der Waals surface area contributed by atoms with Gasteiger partial charge in [0.25, 0.3) is 0 Å². The number of amides is 2. The van der Waals surface area contributed by atoms with E-state index in [0.717, 1.165) is 12.1 Å².